The molecule has 0 unspecified atom stereocenters. The number of rotatable bonds is 4. The van der Waals surface area contributed by atoms with Gasteiger partial charge in [0.25, 0.3) is 5.69 Å². The molecular formula is C16H18N2O2. The second-order valence-electron chi connectivity index (χ2n) is 4.97. The molecule has 0 aromatic heterocycles. The van der Waals surface area contributed by atoms with Gasteiger partial charge in [0.05, 0.1) is 4.92 Å². The van der Waals surface area contributed by atoms with Crippen LogP contribution in [0.3, 0.4) is 0 Å². The van der Waals surface area contributed by atoms with E-state index in [9.17, 15) is 10.1 Å². The Balaban J connectivity index is 2.20. The standard InChI is InChI=1S/C16H18N2O2/c1-11-5-4-6-14(13(11)3)10-17-16-9-15(18(19)20)8-7-12(16)2/h4-9,17H,10H2,1-3H3. The highest BCUT2D eigenvalue weighted by molar-refractivity contribution is 5.57. The van der Waals surface area contributed by atoms with E-state index >= 15 is 0 Å². The number of anilines is 1. The molecule has 20 heavy (non-hydrogen) atoms. The van der Waals surface area contributed by atoms with E-state index in [2.05, 4.69) is 31.3 Å². The van der Waals surface area contributed by atoms with Crippen molar-refractivity contribution in [2.45, 2.75) is 27.3 Å². The lowest BCUT2D eigenvalue weighted by molar-refractivity contribution is -0.384. The van der Waals surface area contributed by atoms with Crippen LogP contribution in [0.25, 0.3) is 0 Å². The molecular weight excluding hydrogens is 252 g/mol. The fourth-order valence-corrected chi connectivity index (χ4v) is 2.11. The summed E-state index contributed by atoms with van der Waals surface area (Å²) < 4.78 is 0. The van der Waals surface area contributed by atoms with Crippen molar-refractivity contribution < 1.29 is 4.92 Å². The van der Waals surface area contributed by atoms with Crippen LogP contribution in [0.4, 0.5) is 11.4 Å². The van der Waals surface area contributed by atoms with Gasteiger partial charge < -0.3 is 5.32 Å². The van der Waals surface area contributed by atoms with Gasteiger partial charge in [-0.3, -0.25) is 10.1 Å². The molecule has 2 aromatic rings. The van der Waals surface area contributed by atoms with Crippen LogP contribution in [0.1, 0.15) is 22.3 Å². The third-order valence-corrected chi connectivity index (χ3v) is 3.62. The van der Waals surface area contributed by atoms with Crippen LogP contribution < -0.4 is 5.32 Å². The average Bonchev–Trinajstić information content (AvgIpc) is 2.41. The molecule has 0 fully saturated rings. The van der Waals surface area contributed by atoms with Crippen LogP contribution >= 0.6 is 0 Å². The SMILES string of the molecule is Cc1ccc([N+](=O)[O-])cc1NCc1cccc(C)c1C. The Kier molecular flexibility index (Phi) is 4.03. The number of aryl methyl sites for hydroxylation is 2. The maximum absolute atomic E-state index is 10.8. The van der Waals surface area contributed by atoms with Crippen LogP contribution in [0, 0.1) is 30.9 Å². The molecule has 0 saturated carbocycles. The van der Waals surface area contributed by atoms with E-state index in [-0.39, 0.29) is 10.6 Å². The largest absolute Gasteiger partial charge is 0.381 e. The fourth-order valence-electron chi connectivity index (χ4n) is 2.11. The predicted octanol–water partition coefficient (Wildman–Crippen LogP) is 4.13. The van der Waals surface area contributed by atoms with Crippen LogP contribution in [-0.4, -0.2) is 4.92 Å². The first-order valence-corrected chi connectivity index (χ1v) is 6.53. The average molecular weight is 270 g/mol. The number of benzene rings is 2. The van der Waals surface area contributed by atoms with Gasteiger partial charge in [-0.2, -0.15) is 0 Å². The number of nitro benzene ring substituents is 1. The van der Waals surface area contributed by atoms with Crippen LogP contribution in [0.5, 0.6) is 0 Å². The Morgan fingerprint density at radius 2 is 1.85 bits per heavy atom. The maximum Gasteiger partial charge on any atom is 0.271 e. The zero-order chi connectivity index (χ0) is 14.7. The number of nitrogens with zero attached hydrogens (tertiary/aromatic N) is 1. The van der Waals surface area contributed by atoms with E-state index in [4.69, 9.17) is 0 Å². The quantitative estimate of drug-likeness (QED) is 0.671. The van der Waals surface area contributed by atoms with Gasteiger partial charge in [-0.05, 0) is 43.0 Å². The zero-order valence-corrected chi connectivity index (χ0v) is 11.9. The second-order valence-corrected chi connectivity index (χ2v) is 4.97. The van der Waals surface area contributed by atoms with Crippen LogP contribution in [0.2, 0.25) is 0 Å². The lowest BCUT2D eigenvalue weighted by Gasteiger charge is -2.12. The van der Waals surface area contributed by atoms with E-state index in [0.717, 1.165) is 11.3 Å². The third-order valence-electron chi connectivity index (χ3n) is 3.62. The van der Waals surface area contributed by atoms with E-state index in [1.165, 1.54) is 22.8 Å². The van der Waals surface area contributed by atoms with Crippen molar-refractivity contribution in [2.75, 3.05) is 5.32 Å². The lowest BCUT2D eigenvalue weighted by Crippen LogP contribution is -2.04. The summed E-state index contributed by atoms with van der Waals surface area (Å²) in [6.07, 6.45) is 0. The van der Waals surface area contributed by atoms with E-state index in [0.29, 0.717) is 6.54 Å². The van der Waals surface area contributed by atoms with Crippen molar-refractivity contribution in [3.05, 3.63) is 68.8 Å². The molecule has 0 heterocycles. The van der Waals surface area contributed by atoms with Crippen molar-refractivity contribution in [3.8, 4) is 0 Å². The van der Waals surface area contributed by atoms with E-state index in [1.54, 1.807) is 12.1 Å². The molecule has 0 aliphatic heterocycles. The first-order valence-electron chi connectivity index (χ1n) is 6.53. The molecule has 0 saturated heterocycles. The molecule has 4 nitrogen and oxygen atoms in total. The number of non-ortho nitro benzene ring substituents is 1. The van der Waals surface area contributed by atoms with Crippen molar-refractivity contribution >= 4 is 11.4 Å². The molecule has 0 amide bonds. The number of nitro groups is 1. The van der Waals surface area contributed by atoms with Gasteiger partial charge in [-0.15, -0.1) is 0 Å². The summed E-state index contributed by atoms with van der Waals surface area (Å²) in [4.78, 5) is 10.4. The minimum absolute atomic E-state index is 0.110. The molecule has 4 heteroatoms. The Hall–Kier alpha value is -2.36. The maximum atomic E-state index is 10.8. The molecule has 0 aliphatic rings. The summed E-state index contributed by atoms with van der Waals surface area (Å²) in [7, 11) is 0. The molecule has 2 aromatic carbocycles. The minimum Gasteiger partial charge on any atom is -0.381 e. The Labute approximate surface area is 118 Å². The van der Waals surface area contributed by atoms with Crippen molar-refractivity contribution in [2.24, 2.45) is 0 Å². The molecule has 0 atom stereocenters. The lowest BCUT2D eigenvalue weighted by atomic mass is 10.0. The normalized spacial score (nSPS) is 10.3. The predicted molar refractivity (Wildman–Crippen MR) is 81.1 cm³/mol. The number of hydrogen-bond acceptors (Lipinski definition) is 3. The van der Waals surface area contributed by atoms with Gasteiger partial charge in [-0.1, -0.05) is 24.3 Å². The molecule has 1 N–H and O–H groups in total. The first-order chi connectivity index (χ1) is 9.49. The molecule has 2 rings (SSSR count). The zero-order valence-electron chi connectivity index (χ0n) is 11.9. The van der Waals surface area contributed by atoms with Crippen molar-refractivity contribution in [1.82, 2.24) is 0 Å². The summed E-state index contributed by atoms with van der Waals surface area (Å²) in [6.45, 7) is 6.77. The number of nitrogens with one attached hydrogen (secondary N) is 1. The smallest absolute Gasteiger partial charge is 0.271 e. The number of hydrogen-bond donors (Lipinski definition) is 1. The van der Waals surface area contributed by atoms with Crippen molar-refractivity contribution in [3.63, 3.8) is 0 Å². The second kappa shape index (κ2) is 5.74. The molecule has 104 valence electrons. The summed E-state index contributed by atoms with van der Waals surface area (Å²) in [5.74, 6) is 0. The van der Waals surface area contributed by atoms with E-state index < -0.39 is 0 Å². The van der Waals surface area contributed by atoms with Crippen LogP contribution in [0.15, 0.2) is 36.4 Å². The molecule has 0 bridgehead atoms. The topological polar surface area (TPSA) is 55.2 Å². The minimum atomic E-state index is -0.372. The highest BCUT2D eigenvalue weighted by Gasteiger charge is 2.09. The Morgan fingerprint density at radius 3 is 2.55 bits per heavy atom. The summed E-state index contributed by atoms with van der Waals surface area (Å²) in [6, 6.07) is 11.1. The van der Waals surface area contributed by atoms with Gasteiger partial charge in [-0.25, -0.2) is 0 Å². The van der Waals surface area contributed by atoms with Gasteiger partial charge in [0.1, 0.15) is 0 Å². The fraction of sp³-hybridized carbons (Fsp3) is 0.250. The summed E-state index contributed by atoms with van der Waals surface area (Å²) in [5, 5.41) is 14.1. The van der Waals surface area contributed by atoms with E-state index in [1.807, 2.05) is 13.0 Å². The monoisotopic (exact) mass is 270 g/mol. The van der Waals surface area contributed by atoms with Gasteiger partial charge >= 0.3 is 0 Å². The highest BCUT2D eigenvalue weighted by atomic mass is 16.6. The molecule has 0 aliphatic carbocycles. The van der Waals surface area contributed by atoms with Gasteiger partial charge in [0, 0.05) is 24.4 Å². The summed E-state index contributed by atoms with van der Waals surface area (Å²) >= 11 is 0. The Morgan fingerprint density at radius 1 is 1.10 bits per heavy atom. The van der Waals surface area contributed by atoms with Crippen LogP contribution in [-0.2, 0) is 6.54 Å². The van der Waals surface area contributed by atoms with Gasteiger partial charge in [0.15, 0.2) is 0 Å². The van der Waals surface area contributed by atoms with Crippen molar-refractivity contribution in [1.29, 1.82) is 0 Å². The molecule has 0 radical (unpaired) electrons. The molecule has 0 spiro atoms. The highest BCUT2D eigenvalue weighted by Crippen LogP contribution is 2.23. The third kappa shape index (κ3) is 2.96. The summed E-state index contributed by atoms with van der Waals surface area (Å²) in [5.41, 5.74) is 5.62. The Bertz CT molecular complexity index is 651. The van der Waals surface area contributed by atoms with Gasteiger partial charge in [0.2, 0.25) is 0 Å². The first kappa shape index (κ1) is 14.1.